The number of aliphatic imine (C=N–C) groups is 1. The molecule has 0 aliphatic rings. The van der Waals surface area contributed by atoms with Gasteiger partial charge >= 0.3 is 0 Å². The average Bonchev–Trinajstić information content (AvgIpc) is 2.38. The van der Waals surface area contributed by atoms with Crippen LogP contribution in [0.4, 0.5) is 5.69 Å². The van der Waals surface area contributed by atoms with Gasteiger partial charge in [0.05, 0.1) is 0 Å². The zero-order valence-corrected chi connectivity index (χ0v) is 12.7. The van der Waals surface area contributed by atoms with Gasteiger partial charge in [-0.15, -0.1) is 0 Å². The highest BCUT2D eigenvalue weighted by Gasteiger charge is 2.01. The quantitative estimate of drug-likeness (QED) is 0.569. The Labute approximate surface area is 120 Å². The molecule has 1 aromatic carbocycles. The van der Waals surface area contributed by atoms with E-state index >= 15 is 0 Å². The number of amides is 1. The molecule has 0 bridgehead atoms. The number of carbonyl (C=O) groups is 1. The first-order chi connectivity index (χ1) is 9.51. The largest absolute Gasteiger partial charge is 0.356 e. The maximum atomic E-state index is 11.0. The van der Waals surface area contributed by atoms with Gasteiger partial charge in [0.1, 0.15) is 0 Å². The van der Waals surface area contributed by atoms with Crippen LogP contribution in [0.5, 0.6) is 0 Å². The van der Waals surface area contributed by atoms with Gasteiger partial charge in [0, 0.05) is 32.7 Å². The van der Waals surface area contributed by atoms with E-state index in [1.165, 1.54) is 6.92 Å². The van der Waals surface area contributed by atoms with Gasteiger partial charge in [0.15, 0.2) is 5.96 Å². The Balaban J connectivity index is 2.53. The van der Waals surface area contributed by atoms with E-state index in [1.807, 2.05) is 24.3 Å². The third-order valence-electron chi connectivity index (χ3n) is 2.61. The SMILES string of the molecule is CN=C(NCc1cccc(NC(C)=O)c1)NCC(C)C. The minimum absolute atomic E-state index is 0.0653. The number of anilines is 1. The third kappa shape index (κ3) is 6.22. The molecule has 1 aromatic rings. The Morgan fingerprint density at radius 1 is 1.30 bits per heavy atom. The summed E-state index contributed by atoms with van der Waals surface area (Å²) in [5, 5.41) is 9.28. The highest BCUT2D eigenvalue weighted by molar-refractivity contribution is 5.88. The minimum atomic E-state index is -0.0653. The van der Waals surface area contributed by atoms with Crippen LogP contribution in [0.2, 0.25) is 0 Å². The number of benzene rings is 1. The van der Waals surface area contributed by atoms with Crippen molar-refractivity contribution in [2.45, 2.75) is 27.3 Å². The lowest BCUT2D eigenvalue weighted by Crippen LogP contribution is -2.38. The first kappa shape index (κ1) is 16.0. The van der Waals surface area contributed by atoms with Crippen LogP contribution in [-0.4, -0.2) is 25.5 Å². The average molecular weight is 276 g/mol. The molecule has 0 heterocycles. The molecule has 0 saturated carbocycles. The standard InChI is InChI=1S/C15H24N4O/c1-11(2)9-17-15(16-4)18-10-13-6-5-7-14(8-13)19-12(3)20/h5-8,11H,9-10H2,1-4H3,(H,19,20)(H2,16,17,18). The van der Waals surface area contributed by atoms with Gasteiger partial charge in [0.2, 0.25) is 5.91 Å². The van der Waals surface area contributed by atoms with Crippen LogP contribution in [0.25, 0.3) is 0 Å². The molecule has 0 aliphatic heterocycles. The smallest absolute Gasteiger partial charge is 0.221 e. The van der Waals surface area contributed by atoms with E-state index in [-0.39, 0.29) is 5.91 Å². The van der Waals surface area contributed by atoms with Crippen LogP contribution in [0.1, 0.15) is 26.3 Å². The van der Waals surface area contributed by atoms with Crippen molar-refractivity contribution >= 4 is 17.6 Å². The van der Waals surface area contributed by atoms with Crippen molar-refractivity contribution in [1.82, 2.24) is 10.6 Å². The molecule has 0 aliphatic carbocycles. The molecule has 1 rings (SSSR count). The Morgan fingerprint density at radius 3 is 2.65 bits per heavy atom. The summed E-state index contributed by atoms with van der Waals surface area (Å²) in [7, 11) is 1.75. The van der Waals surface area contributed by atoms with Crippen molar-refractivity contribution in [3.63, 3.8) is 0 Å². The molecule has 5 nitrogen and oxygen atoms in total. The number of guanidine groups is 1. The molecule has 0 atom stereocenters. The van der Waals surface area contributed by atoms with E-state index in [1.54, 1.807) is 7.05 Å². The monoisotopic (exact) mass is 276 g/mol. The van der Waals surface area contributed by atoms with E-state index in [0.29, 0.717) is 12.5 Å². The second kappa shape index (κ2) is 8.19. The number of hydrogen-bond acceptors (Lipinski definition) is 2. The topological polar surface area (TPSA) is 65.5 Å². The zero-order chi connectivity index (χ0) is 15.0. The molecule has 0 radical (unpaired) electrons. The molecule has 5 heteroatoms. The Morgan fingerprint density at radius 2 is 2.05 bits per heavy atom. The molecule has 0 saturated heterocycles. The highest BCUT2D eigenvalue weighted by atomic mass is 16.1. The molecular formula is C15H24N4O. The van der Waals surface area contributed by atoms with Gasteiger partial charge in [-0.3, -0.25) is 9.79 Å². The lowest BCUT2D eigenvalue weighted by molar-refractivity contribution is -0.114. The normalized spacial score (nSPS) is 11.3. The van der Waals surface area contributed by atoms with Crippen LogP contribution in [0.3, 0.4) is 0 Å². The Bertz CT molecular complexity index is 469. The van der Waals surface area contributed by atoms with Crippen LogP contribution in [0, 0.1) is 5.92 Å². The van der Waals surface area contributed by atoms with Crippen molar-refractivity contribution in [2.75, 3.05) is 18.9 Å². The summed E-state index contributed by atoms with van der Waals surface area (Å²) in [5.74, 6) is 1.28. The molecule has 0 unspecified atom stereocenters. The number of nitrogens with zero attached hydrogens (tertiary/aromatic N) is 1. The van der Waals surface area contributed by atoms with E-state index in [0.717, 1.165) is 23.8 Å². The molecular weight excluding hydrogens is 252 g/mol. The summed E-state index contributed by atoms with van der Waals surface area (Å²) in [5.41, 5.74) is 1.89. The van der Waals surface area contributed by atoms with Gasteiger partial charge < -0.3 is 16.0 Å². The van der Waals surface area contributed by atoms with E-state index in [4.69, 9.17) is 0 Å². The number of rotatable bonds is 5. The van der Waals surface area contributed by atoms with E-state index in [2.05, 4.69) is 34.8 Å². The summed E-state index contributed by atoms with van der Waals surface area (Å²) in [6, 6.07) is 7.75. The van der Waals surface area contributed by atoms with Crippen LogP contribution >= 0.6 is 0 Å². The van der Waals surface area contributed by atoms with Crippen LogP contribution in [-0.2, 0) is 11.3 Å². The fourth-order valence-corrected chi connectivity index (χ4v) is 1.67. The first-order valence-corrected chi connectivity index (χ1v) is 6.82. The van der Waals surface area contributed by atoms with Gasteiger partial charge in [-0.25, -0.2) is 0 Å². The molecule has 3 N–H and O–H groups in total. The predicted molar refractivity (Wildman–Crippen MR) is 83.8 cm³/mol. The van der Waals surface area contributed by atoms with Crippen LogP contribution in [0.15, 0.2) is 29.3 Å². The second-order valence-electron chi connectivity index (χ2n) is 5.08. The minimum Gasteiger partial charge on any atom is -0.356 e. The maximum absolute atomic E-state index is 11.0. The fraction of sp³-hybridized carbons (Fsp3) is 0.467. The molecule has 20 heavy (non-hydrogen) atoms. The van der Waals surface area contributed by atoms with Gasteiger partial charge in [0.25, 0.3) is 0 Å². The van der Waals surface area contributed by atoms with Crippen LogP contribution < -0.4 is 16.0 Å². The highest BCUT2D eigenvalue weighted by Crippen LogP contribution is 2.10. The van der Waals surface area contributed by atoms with Gasteiger partial charge in [-0.1, -0.05) is 26.0 Å². The second-order valence-corrected chi connectivity index (χ2v) is 5.08. The fourth-order valence-electron chi connectivity index (χ4n) is 1.67. The summed E-state index contributed by atoms with van der Waals surface area (Å²) in [6.45, 7) is 7.34. The Kier molecular flexibility index (Phi) is 6.56. The van der Waals surface area contributed by atoms with Crippen molar-refractivity contribution in [2.24, 2.45) is 10.9 Å². The molecule has 0 spiro atoms. The summed E-state index contributed by atoms with van der Waals surface area (Å²) >= 11 is 0. The van der Waals surface area contributed by atoms with E-state index in [9.17, 15) is 4.79 Å². The maximum Gasteiger partial charge on any atom is 0.221 e. The lowest BCUT2D eigenvalue weighted by atomic mass is 10.2. The molecule has 0 fully saturated rings. The summed E-state index contributed by atoms with van der Waals surface area (Å²) in [6.07, 6.45) is 0. The van der Waals surface area contributed by atoms with E-state index < -0.39 is 0 Å². The number of nitrogens with one attached hydrogen (secondary N) is 3. The summed E-state index contributed by atoms with van der Waals surface area (Å²) < 4.78 is 0. The lowest BCUT2D eigenvalue weighted by Gasteiger charge is -2.14. The molecule has 0 aromatic heterocycles. The van der Waals surface area contributed by atoms with Crippen molar-refractivity contribution in [3.8, 4) is 0 Å². The summed E-state index contributed by atoms with van der Waals surface area (Å²) in [4.78, 5) is 15.2. The Hall–Kier alpha value is -2.04. The number of hydrogen-bond donors (Lipinski definition) is 3. The molecule has 1 amide bonds. The van der Waals surface area contributed by atoms with Crippen molar-refractivity contribution < 1.29 is 4.79 Å². The zero-order valence-electron chi connectivity index (χ0n) is 12.7. The molecule has 110 valence electrons. The third-order valence-corrected chi connectivity index (χ3v) is 2.61. The van der Waals surface area contributed by atoms with Gasteiger partial charge in [-0.2, -0.15) is 0 Å². The van der Waals surface area contributed by atoms with Gasteiger partial charge in [-0.05, 0) is 23.6 Å². The predicted octanol–water partition coefficient (Wildman–Crippen LogP) is 1.97. The van der Waals surface area contributed by atoms with Crippen molar-refractivity contribution in [3.05, 3.63) is 29.8 Å². The first-order valence-electron chi connectivity index (χ1n) is 6.82. The van der Waals surface area contributed by atoms with Crippen molar-refractivity contribution in [1.29, 1.82) is 0 Å². The number of carbonyl (C=O) groups excluding carboxylic acids is 1.